The molecule has 1 amide bonds. The quantitative estimate of drug-likeness (QED) is 0.822. The van der Waals surface area contributed by atoms with Gasteiger partial charge in [0, 0.05) is 38.3 Å². The molecule has 2 aliphatic heterocycles. The molecule has 0 saturated carbocycles. The Hall–Kier alpha value is -2.45. The van der Waals surface area contributed by atoms with Crippen molar-refractivity contribution in [3.8, 4) is 5.75 Å². The lowest BCUT2D eigenvalue weighted by atomic mass is 10.1. The third-order valence-corrected chi connectivity index (χ3v) is 6.03. The van der Waals surface area contributed by atoms with Crippen LogP contribution in [0.5, 0.6) is 5.75 Å². The smallest absolute Gasteiger partial charge is 0.276 e. The van der Waals surface area contributed by atoms with Gasteiger partial charge in [0.05, 0.1) is 18.8 Å². The van der Waals surface area contributed by atoms with Crippen LogP contribution in [-0.2, 0) is 6.54 Å². The molecule has 156 valence electrons. The number of methoxy groups -OCH3 is 1. The number of hydrogen-bond acceptors (Lipinski definition) is 6. The van der Waals surface area contributed by atoms with Crippen LogP contribution < -0.4 is 10.1 Å². The zero-order valence-electron chi connectivity index (χ0n) is 17.3. The van der Waals surface area contributed by atoms with Crippen LogP contribution in [0.25, 0.3) is 0 Å². The number of aromatic nitrogens is 3. The molecular weight excluding hydrogens is 368 g/mol. The molecule has 29 heavy (non-hydrogen) atoms. The minimum absolute atomic E-state index is 0.000346. The molecule has 2 saturated heterocycles. The molecular formula is C21H30N6O2. The Morgan fingerprint density at radius 3 is 2.62 bits per heavy atom. The Morgan fingerprint density at radius 2 is 1.90 bits per heavy atom. The van der Waals surface area contributed by atoms with Crippen molar-refractivity contribution in [1.29, 1.82) is 0 Å². The molecule has 8 nitrogen and oxygen atoms in total. The highest BCUT2D eigenvalue weighted by atomic mass is 16.5. The third-order valence-electron chi connectivity index (χ3n) is 6.03. The maximum Gasteiger partial charge on any atom is 0.276 e. The number of piperidine rings is 1. The normalized spacial score (nSPS) is 18.8. The molecule has 0 bridgehead atoms. The van der Waals surface area contributed by atoms with Crippen LogP contribution in [0, 0.1) is 6.92 Å². The molecule has 0 spiro atoms. The van der Waals surface area contributed by atoms with Gasteiger partial charge in [-0.25, -0.2) is 4.68 Å². The minimum atomic E-state index is -0.000346. The number of carbonyl (C=O) groups is 1. The second-order valence-electron chi connectivity index (χ2n) is 7.83. The highest BCUT2D eigenvalue weighted by molar-refractivity contribution is 5.93. The molecule has 2 aliphatic rings. The average Bonchev–Trinajstić information content (AvgIpc) is 3.16. The lowest BCUT2D eigenvalue weighted by molar-refractivity contribution is 0.0620. The van der Waals surface area contributed by atoms with Crippen LogP contribution in [0.1, 0.15) is 40.6 Å². The SMILES string of the molecule is COc1ccccc1CN1CCN(C(=O)c2nnn(C3CCNCC3)c2C)CC1. The van der Waals surface area contributed by atoms with E-state index in [0.717, 1.165) is 57.0 Å². The van der Waals surface area contributed by atoms with Gasteiger partial charge in [-0.3, -0.25) is 9.69 Å². The van der Waals surface area contributed by atoms with Crippen molar-refractivity contribution in [1.82, 2.24) is 30.1 Å². The molecule has 1 N–H and O–H groups in total. The van der Waals surface area contributed by atoms with Crippen molar-refractivity contribution < 1.29 is 9.53 Å². The molecule has 2 aromatic rings. The van der Waals surface area contributed by atoms with Crippen LogP contribution in [0.2, 0.25) is 0 Å². The van der Waals surface area contributed by atoms with Crippen LogP contribution in [0.15, 0.2) is 24.3 Å². The lowest BCUT2D eigenvalue weighted by Crippen LogP contribution is -2.48. The summed E-state index contributed by atoms with van der Waals surface area (Å²) in [5.74, 6) is 0.913. The Bertz CT molecular complexity index is 837. The van der Waals surface area contributed by atoms with Crippen molar-refractivity contribution in [2.45, 2.75) is 32.4 Å². The molecule has 0 unspecified atom stereocenters. The van der Waals surface area contributed by atoms with Gasteiger partial charge >= 0.3 is 0 Å². The van der Waals surface area contributed by atoms with E-state index in [0.29, 0.717) is 24.8 Å². The van der Waals surface area contributed by atoms with Crippen LogP contribution in [0.3, 0.4) is 0 Å². The van der Waals surface area contributed by atoms with Gasteiger partial charge in [0.2, 0.25) is 0 Å². The van der Waals surface area contributed by atoms with E-state index in [2.05, 4.69) is 26.6 Å². The number of para-hydroxylation sites is 1. The van der Waals surface area contributed by atoms with Crippen molar-refractivity contribution in [2.75, 3.05) is 46.4 Å². The lowest BCUT2D eigenvalue weighted by Gasteiger charge is -2.34. The molecule has 4 rings (SSSR count). The maximum absolute atomic E-state index is 13.0. The van der Waals surface area contributed by atoms with E-state index >= 15 is 0 Å². The highest BCUT2D eigenvalue weighted by Crippen LogP contribution is 2.22. The maximum atomic E-state index is 13.0. The number of piperazine rings is 1. The Balaban J connectivity index is 1.36. The molecule has 1 aromatic carbocycles. The highest BCUT2D eigenvalue weighted by Gasteiger charge is 2.28. The first-order chi connectivity index (χ1) is 14.2. The van der Waals surface area contributed by atoms with E-state index < -0.39 is 0 Å². The predicted octanol–water partition coefficient (Wildman–Crippen LogP) is 1.48. The van der Waals surface area contributed by atoms with E-state index in [1.54, 1.807) is 7.11 Å². The van der Waals surface area contributed by atoms with Crippen LogP contribution in [-0.4, -0.2) is 77.1 Å². The monoisotopic (exact) mass is 398 g/mol. The fourth-order valence-corrected chi connectivity index (χ4v) is 4.27. The Labute approximate surface area is 171 Å². The van der Waals surface area contributed by atoms with Crippen molar-refractivity contribution in [3.05, 3.63) is 41.2 Å². The summed E-state index contributed by atoms with van der Waals surface area (Å²) in [6.45, 7) is 7.85. The molecule has 8 heteroatoms. The average molecular weight is 399 g/mol. The molecule has 0 aliphatic carbocycles. The number of carbonyl (C=O) groups excluding carboxylic acids is 1. The molecule has 1 aromatic heterocycles. The van der Waals surface area contributed by atoms with E-state index in [9.17, 15) is 4.79 Å². The van der Waals surface area contributed by atoms with Gasteiger partial charge < -0.3 is 15.0 Å². The number of amides is 1. The molecule has 3 heterocycles. The zero-order chi connectivity index (χ0) is 20.2. The Kier molecular flexibility index (Phi) is 6.10. The topological polar surface area (TPSA) is 75.5 Å². The Morgan fingerprint density at radius 1 is 1.17 bits per heavy atom. The first kappa shape index (κ1) is 19.8. The van der Waals surface area contributed by atoms with Gasteiger partial charge in [-0.1, -0.05) is 23.4 Å². The van der Waals surface area contributed by atoms with E-state index in [4.69, 9.17) is 4.74 Å². The fourth-order valence-electron chi connectivity index (χ4n) is 4.27. The van der Waals surface area contributed by atoms with Crippen LogP contribution in [0.4, 0.5) is 0 Å². The van der Waals surface area contributed by atoms with Gasteiger partial charge in [0.1, 0.15) is 5.75 Å². The van der Waals surface area contributed by atoms with Crippen molar-refractivity contribution in [3.63, 3.8) is 0 Å². The first-order valence-corrected chi connectivity index (χ1v) is 10.4. The zero-order valence-corrected chi connectivity index (χ0v) is 17.3. The summed E-state index contributed by atoms with van der Waals surface area (Å²) in [6, 6.07) is 8.44. The molecule has 0 radical (unpaired) electrons. The van der Waals surface area contributed by atoms with Crippen LogP contribution >= 0.6 is 0 Å². The summed E-state index contributed by atoms with van der Waals surface area (Å²) in [6.07, 6.45) is 2.05. The number of nitrogens with zero attached hydrogens (tertiary/aromatic N) is 5. The minimum Gasteiger partial charge on any atom is -0.496 e. The van der Waals surface area contributed by atoms with Gasteiger partial charge in [-0.15, -0.1) is 5.10 Å². The van der Waals surface area contributed by atoms with Gasteiger partial charge in [-0.2, -0.15) is 0 Å². The van der Waals surface area contributed by atoms with Gasteiger partial charge in [-0.05, 0) is 38.9 Å². The van der Waals surface area contributed by atoms with Crippen molar-refractivity contribution in [2.24, 2.45) is 0 Å². The summed E-state index contributed by atoms with van der Waals surface area (Å²) < 4.78 is 7.41. The first-order valence-electron chi connectivity index (χ1n) is 10.4. The van der Waals surface area contributed by atoms with E-state index in [-0.39, 0.29) is 5.91 Å². The predicted molar refractivity (Wildman–Crippen MR) is 110 cm³/mol. The fraction of sp³-hybridized carbons (Fsp3) is 0.571. The van der Waals surface area contributed by atoms with Crippen molar-refractivity contribution >= 4 is 5.91 Å². The third kappa shape index (κ3) is 4.28. The summed E-state index contributed by atoms with van der Waals surface area (Å²) >= 11 is 0. The number of ether oxygens (including phenoxy) is 1. The summed E-state index contributed by atoms with van der Waals surface area (Å²) in [7, 11) is 1.70. The van der Waals surface area contributed by atoms with E-state index in [1.807, 2.05) is 34.7 Å². The summed E-state index contributed by atoms with van der Waals surface area (Å²) in [5, 5.41) is 11.9. The van der Waals surface area contributed by atoms with Gasteiger partial charge in [0.25, 0.3) is 5.91 Å². The number of hydrogen-bond donors (Lipinski definition) is 1. The van der Waals surface area contributed by atoms with Gasteiger partial charge in [0.15, 0.2) is 5.69 Å². The van der Waals surface area contributed by atoms with E-state index in [1.165, 1.54) is 5.56 Å². The largest absolute Gasteiger partial charge is 0.496 e. The second kappa shape index (κ2) is 8.92. The second-order valence-corrected chi connectivity index (χ2v) is 7.83. The molecule has 2 fully saturated rings. The number of rotatable bonds is 5. The summed E-state index contributed by atoms with van der Waals surface area (Å²) in [4.78, 5) is 17.3. The number of nitrogens with one attached hydrogen (secondary N) is 1. The standard InChI is InChI=1S/C21H30N6O2/c1-16-20(23-24-27(16)18-7-9-22-10-8-18)21(28)26-13-11-25(12-14-26)15-17-5-3-4-6-19(17)29-2/h3-6,18,22H,7-15H2,1-2H3. The molecule has 0 atom stereocenters. The number of benzene rings is 1. The summed E-state index contributed by atoms with van der Waals surface area (Å²) in [5.41, 5.74) is 2.57.